The van der Waals surface area contributed by atoms with Crippen LogP contribution in [0, 0.1) is 18.3 Å². The first-order valence-electron chi connectivity index (χ1n) is 8.90. The highest BCUT2D eigenvalue weighted by Crippen LogP contribution is 2.21. The van der Waals surface area contributed by atoms with Crippen LogP contribution in [0.4, 0.5) is 5.69 Å². The van der Waals surface area contributed by atoms with E-state index in [0.29, 0.717) is 22.0 Å². The van der Waals surface area contributed by atoms with Crippen molar-refractivity contribution < 1.29 is 19.1 Å². The highest BCUT2D eigenvalue weighted by atomic mass is 35.5. The van der Waals surface area contributed by atoms with Gasteiger partial charge in [0.2, 0.25) is 0 Å². The van der Waals surface area contributed by atoms with Crippen LogP contribution in [-0.4, -0.2) is 24.6 Å². The Morgan fingerprint density at radius 1 is 1.21 bits per heavy atom. The lowest BCUT2D eigenvalue weighted by Crippen LogP contribution is -2.18. The van der Waals surface area contributed by atoms with Gasteiger partial charge < -0.3 is 14.8 Å². The number of ether oxygens (including phenoxy) is 2. The van der Waals surface area contributed by atoms with E-state index in [2.05, 4.69) is 5.32 Å². The predicted octanol–water partition coefficient (Wildman–Crippen LogP) is 4.52. The first-order valence-corrected chi connectivity index (χ1v) is 9.28. The maximum atomic E-state index is 12.4. The fourth-order valence-corrected chi connectivity index (χ4v) is 2.51. The molecule has 0 aliphatic rings. The quantitative estimate of drug-likeness (QED) is 0.410. The van der Waals surface area contributed by atoms with Gasteiger partial charge in [-0.3, -0.25) is 4.79 Å². The van der Waals surface area contributed by atoms with E-state index in [-0.39, 0.29) is 18.3 Å². The molecule has 0 aromatic heterocycles. The van der Waals surface area contributed by atoms with Gasteiger partial charge >= 0.3 is 5.97 Å². The van der Waals surface area contributed by atoms with E-state index in [1.54, 1.807) is 56.3 Å². The minimum Gasteiger partial charge on any atom is -0.482 e. The number of carbonyl (C=O) groups excluding carboxylic acids is 2. The second-order valence-electron chi connectivity index (χ2n) is 6.48. The third kappa shape index (κ3) is 6.98. The van der Waals surface area contributed by atoms with Crippen molar-refractivity contribution in [3.63, 3.8) is 0 Å². The summed E-state index contributed by atoms with van der Waals surface area (Å²) in [5, 5.41) is 12.5. The molecule has 0 aliphatic heterocycles. The Balaban J connectivity index is 2.04. The summed E-state index contributed by atoms with van der Waals surface area (Å²) in [7, 11) is 0. The molecule has 7 heteroatoms. The van der Waals surface area contributed by atoms with Crippen LogP contribution in [0.25, 0.3) is 6.08 Å². The fraction of sp³-hybridized carbons (Fsp3) is 0.227. The minimum atomic E-state index is -0.533. The van der Waals surface area contributed by atoms with Crippen molar-refractivity contribution >= 4 is 35.2 Å². The summed E-state index contributed by atoms with van der Waals surface area (Å²) in [6, 6.07) is 13.7. The standard InChI is InChI=1S/C22H21ClN2O4/c1-14(2)29-21(26)13-28-19-8-5-16(6-9-19)10-17(12-24)22(27)25-20-11-18(23)7-4-15(20)3/h4-11,14H,13H2,1-3H3,(H,25,27)/b17-10-. The van der Waals surface area contributed by atoms with Gasteiger partial charge in [0.15, 0.2) is 6.61 Å². The van der Waals surface area contributed by atoms with Gasteiger partial charge in [0, 0.05) is 10.7 Å². The zero-order valence-corrected chi connectivity index (χ0v) is 17.1. The number of nitrogens with zero attached hydrogens (tertiary/aromatic N) is 1. The molecule has 0 atom stereocenters. The Kier molecular flexibility index (Phi) is 7.81. The summed E-state index contributed by atoms with van der Waals surface area (Å²) in [6.45, 7) is 5.15. The molecule has 0 aliphatic carbocycles. The molecule has 0 saturated heterocycles. The van der Waals surface area contributed by atoms with Crippen LogP contribution >= 0.6 is 11.6 Å². The molecule has 0 spiro atoms. The molecule has 2 rings (SSSR count). The van der Waals surface area contributed by atoms with Gasteiger partial charge in [-0.05, 0) is 62.2 Å². The van der Waals surface area contributed by atoms with Gasteiger partial charge in [-0.15, -0.1) is 0 Å². The molecule has 2 aromatic rings. The van der Waals surface area contributed by atoms with Crippen LogP contribution in [0.3, 0.4) is 0 Å². The lowest BCUT2D eigenvalue weighted by Gasteiger charge is -2.09. The number of hydrogen-bond donors (Lipinski definition) is 1. The lowest BCUT2D eigenvalue weighted by atomic mass is 10.1. The largest absolute Gasteiger partial charge is 0.482 e. The van der Waals surface area contributed by atoms with Crippen molar-refractivity contribution in [2.45, 2.75) is 26.9 Å². The van der Waals surface area contributed by atoms with Crippen LogP contribution in [0.2, 0.25) is 5.02 Å². The molecular weight excluding hydrogens is 392 g/mol. The van der Waals surface area contributed by atoms with Gasteiger partial charge in [-0.1, -0.05) is 29.8 Å². The van der Waals surface area contributed by atoms with Gasteiger partial charge in [0.1, 0.15) is 17.4 Å². The molecule has 29 heavy (non-hydrogen) atoms. The van der Waals surface area contributed by atoms with Crippen molar-refractivity contribution in [2.24, 2.45) is 0 Å². The summed E-state index contributed by atoms with van der Waals surface area (Å²) >= 11 is 5.96. The van der Waals surface area contributed by atoms with Gasteiger partial charge in [0.25, 0.3) is 5.91 Å². The molecule has 6 nitrogen and oxygen atoms in total. The number of benzene rings is 2. The second kappa shape index (κ2) is 10.3. The van der Waals surface area contributed by atoms with Crippen LogP contribution in [0.1, 0.15) is 25.0 Å². The van der Waals surface area contributed by atoms with Crippen molar-refractivity contribution in [1.29, 1.82) is 5.26 Å². The van der Waals surface area contributed by atoms with E-state index in [4.69, 9.17) is 21.1 Å². The molecule has 0 unspecified atom stereocenters. The van der Waals surface area contributed by atoms with E-state index in [1.807, 2.05) is 13.0 Å². The monoisotopic (exact) mass is 412 g/mol. The molecule has 2 aromatic carbocycles. The molecule has 0 fully saturated rings. The summed E-state index contributed by atoms with van der Waals surface area (Å²) < 4.78 is 10.3. The number of rotatable bonds is 7. The van der Waals surface area contributed by atoms with E-state index >= 15 is 0 Å². The number of nitriles is 1. The molecule has 150 valence electrons. The summed E-state index contributed by atoms with van der Waals surface area (Å²) in [5.74, 6) is -0.515. The van der Waals surface area contributed by atoms with Crippen LogP contribution < -0.4 is 10.1 Å². The number of aryl methyl sites for hydroxylation is 1. The predicted molar refractivity (Wildman–Crippen MR) is 112 cm³/mol. The molecule has 1 amide bonds. The Morgan fingerprint density at radius 3 is 2.52 bits per heavy atom. The molecule has 0 radical (unpaired) electrons. The number of anilines is 1. The first-order chi connectivity index (χ1) is 13.8. The zero-order valence-electron chi connectivity index (χ0n) is 16.4. The number of amides is 1. The van der Waals surface area contributed by atoms with E-state index in [0.717, 1.165) is 5.56 Å². The maximum absolute atomic E-state index is 12.4. The van der Waals surface area contributed by atoms with E-state index in [9.17, 15) is 14.9 Å². The Labute approximate surface area is 174 Å². The minimum absolute atomic E-state index is 0.0569. The molecular formula is C22H21ClN2O4. The van der Waals surface area contributed by atoms with Crippen molar-refractivity contribution in [3.8, 4) is 11.8 Å². The Morgan fingerprint density at radius 2 is 1.90 bits per heavy atom. The normalized spacial score (nSPS) is 11.0. The van der Waals surface area contributed by atoms with Gasteiger partial charge in [-0.2, -0.15) is 5.26 Å². The molecule has 0 heterocycles. The summed E-state index contributed by atoms with van der Waals surface area (Å²) in [4.78, 5) is 23.9. The SMILES string of the molecule is Cc1ccc(Cl)cc1NC(=O)/C(C#N)=C\c1ccc(OCC(=O)OC(C)C)cc1. The lowest BCUT2D eigenvalue weighted by molar-refractivity contribution is -0.149. The maximum Gasteiger partial charge on any atom is 0.344 e. The Bertz CT molecular complexity index is 960. The average Bonchev–Trinajstić information content (AvgIpc) is 2.67. The van der Waals surface area contributed by atoms with Crippen molar-refractivity contribution in [2.75, 3.05) is 11.9 Å². The molecule has 0 bridgehead atoms. The third-order valence-corrected chi connectivity index (χ3v) is 3.96. The Hall–Kier alpha value is -3.30. The molecule has 0 saturated carbocycles. The number of carbonyl (C=O) groups is 2. The zero-order chi connectivity index (χ0) is 21.4. The second-order valence-corrected chi connectivity index (χ2v) is 6.92. The van der Waals surface area contributed by atoms with Gasteiger partial charge in [-0.25, -0.2) is 4.79 Å². The highest BCUT2D eigenvalue weighted by molar-refractivity contribution is 6.31. The first kappa shape index (κ1) is 22.0. The number of nitrogens with one attached hydrogen (secondary N) is 1. The summed E-state index contributed by atoms with van der Waals surface area (Å²) in [6.07, 6.45) is 1.26. The number of esters is 1. The summed E-state index contributed by atoms with van der Waals surface area (Å²) in [5.41, 5.74) is 1.95. The molecule has 1 N–H and O–H groups in total. The van der Waals surface area contributed by atoms with Crippen LogP contribution in [0.5, 0.6) is 5.75 Å². The topological polar surface area (TPSA) is 88.4 Å². The van der Waals surface area contributed by atoms with E-state index in [1.165, 1.54) is 6.08 Å². The van der Waals surface area contributed by atoms with Crippen LogP contribution in [-0.2, 0) is 14.3 Å². The van der Waals surface area contributed by atoms with Crippen molar-refractivity contribution in [1.82, 2.24) is 0 Å². The average molecular weight is 413 g/mol. The third-order valence-electron chi connectivity index (χ3n) is 3.73. The number of halogens is 1. The highest BCUT2D eigenvalue weighted by Gasteiger charge is 2.12. The fourth-order valence-electron chi connectivity index (χ4n) is 2.33. The van der Waals surface area contributed by atoms with Gasteiger partial charge in [0.05, 0.1) is 6.10 Å². The van der Waals surface area contributed by atoms with Crippen LogP contribution in [0.15, 0.2) is 48.0 Å². The van der Waals surface area contributed by atoms with Crippen molar-refractivity contribution in [3.05, 3.63) is 64.2 Å². The van der Waals surface area contributed by atoms with E-state index < -0.39 is 11.9 Å². The number of hydrogen-bond acceptors (Lipinski definition) is 5. The smallest absolute Gasteiger partial charge is 0.344 e.